The molecule has 4 rings (SSSR count). The van der Waals surface area contributed by atoms with E-state index in [9.17, 15) is 4.79 Å². The average Bonchev–Trinajstić information content (AvgIpc) is 3.23. The summed E-state index contributed by atoms with van der Waals surface area (Å²) in [5.74, 6) is 2.27. The van der Waals surface area contributed by atoms with Crippen molar-refractivity contribution < 1.29 is 9.21 Å². The monoisotopic (exact) mass is 330 g/mol. The van der Waals surface area contributed by atoms with Crippen LogP contribution in [-0.4, -0.2) is 30.4 Å². The number of hydrogen-bond acceptors (Lipinski definition) is 4. The molecule has 4 nitrogen and oxygen atoms in total. The van der Waals surface area contributed by atoms with E-state index in [4.69, 9.17) is 4.42 Å². The van der Waals surface area contributed by atoms with Crippen LogP contribution in [0.3, 0.4) is 0 Å². The molecule has 1 amide bonds. The standard InChI is InChI=1S/C18H22N2O2S/c1-13-3-5-15(22-13)10-19-8-7-18(11-19)9-16(21)20(12-18)17-6-4-14(2)23-17/h3-6H,7-12H2,1-2H3/t18-/m1/s1. The van der Waals surface area contributed by atoms with Gasteiger partial charge in [0.1, 0.15) is 11.5 Å². The largest absolute Gasteiger partial charge is 0.465 e. The molecule has 4 heterocycles. The number of amides is 1. The molecule has 0 N–H and O–H groups in total. The van der Waals surface area contributed by atoms with Crippen LogP contribution in [0.4, 0.5) is 5.00 Å². The van der Waals surface area contributed by atoms with Crippen LogP contribution in [0, 0.1) is 19.3 Å². The second-order valence-corrected chi connectivity index (χ2v) is 8.28. The Hall–Kier alpha value is -1.59. The first-order chi connectivity index (χ1) is 11.0. The molecule has 0 aliphatic carbocycles. The van der Waals surface area contributed by atoms with Crippen LogP contribution in [0.5, 0.6) is 0 Å². The third-order valence-corrected chi connectivity index (χ3v) is 6.03. The SMILES string of the molecule is Cc1ccc(CN2CC[C@@]3(CC(=O)N(c4ccc(C)s4)C3)C2)o1. The van der Waals surface area contributed by atoms with Crippen LogP contribution in [0.25, 0.3) is 0 Å². The Balaban J connectivity index is 1.45. The van der Waals surface area contributed by atoms with E-state index in [1.165, 1.54) is 4.88 Å². The van der Waals surface area contributed by atoms with E-state index >= 15 is 0 Å². The topological polar surface area (TPSA) is 36.7 Å². The van der Waals surface area contributed by atoms with Gasteiger partial charge in [-0.05, 0) is 51.1 Å². The summed E-state index contributed by atoms with van der Waals surface area (Å²) in [4.78, 5) is 18.2. The summed E-state index contributed by atoms with van der Waals surface area (Å²) in [7, 11) is 0. The average molecular weight is 330 g/mol. The highest BCUT2D eigenvalue weighted by Crippen LogP contribution is 2.43. The summed E-state index contributed by atoms with van der Waals surface area (Å²) in [5, 5.41) is 1.10. The number of nitrogens with zero attached hydrogens (tertiary/aromatic N) is 2. The first kappa shape index (κ1) is 15.0. The Kier molecular flexibility index (Phi) is 3.58. The third kappa shape index (κ3) is 2.83. The number of carbonyl (C=O) groups is 1. The highest BCUT2D eigenvalue weighted by Gasteiger charge is 2.48. The summed E-state index contributed by atoms with van der Waals surface area (Å²) in [5.41, 5.74) is 0.122. The zero-order valence-electron chi connectivity index (χ0n) is 13.7. The molecule has 0 unspecified atom stereocenters. The van der Waals surface area contributed by atoms with E-state index in [0.29, 0.717) is 6.42 Å². The predicted octanol–water partition coefficient (Wildman–Crippen LogP) is 3.59. The van der Waals surface area contributed by atoms with Crippen LogP contribution in [0.15, 0.2) is 28.7 Å². The number of furan rings is 1. The molecule has 2 aromatic heterocycles. The van der Waals surface area contributed by atoms with Crippen molar-refractivity contribution in [2.75, 3.05) is 24.5 Å². The first-order valence-corrected chi connectivity index (χ1v) is 8.99. The van der Waals surface area contributed by atoms with Gasteiger partial charge in [0.2, 0.25) is 5.91 Å². The number of carbonyl (C=O) groups excluding carboxylic acids is 1. The van der Waals surface area contributed by atoms with E-state index in [-0.39, 0.29) is 11.3 Å². The molecule has 23 heavy (non-hydrogen) atoms. The van der Waals surface area contributed by atoms with Crippen LogP contribution in [0.1, 0.15) is 29.2 Å². The van der Waals surface area contributed by atoms with Gasteiger partial charge in [-0.2, -0.15) is 0 Å². The van der Waals surface area contributed by atoms with Crippen molar-refractivity contribution in [1.29, 1.82) is 0 Å². The van der Waals surface area contributed by atoms with Crippen LogP contribution in [0.2, 0.25) is 0 Å². The van der Waals surface area contributed by atoms with Gasteiger partial charge in [-0.15, -0.1) is 11.3 Å². The number of thiophene rings is 1. The van der Waals surface area contributed by atoms with Crippen LogP contribution < -0.4 is 4.90 Å². The molecular weight excluding hydrogens is 308 g/mol. The maximum absolute atomic E-state index is 12.5. The fourth-order valence-electron chi connectivity index (χ4n) is 3.89. The van der Waals surface area contributed by atoms with Gasteiger partial charge in [-0.1, -0.05) is 0 Å². The molecule has 2 aliphatic rings. The zero-order chi connectivity index (χ0) is 16.0. The number of rotatable bonds is 3. The minimum absolute atomic E-state index is 0.122. The number of hydrogen-bond donors (Lipinski definition) is 0. The second kappa shape index (κ2) is 5.49. The van der Waals surface area contributed by atoms with E-state index in [2.05, 4.69) is 30.0 Å². The molecular formula is C18H22N2O2S. The van der Waals surface area contributed by atoms with Gasteiger partial charge in [0.25, 0.3) is 0 Å². The number of aryl methyl sites for hydroxylation is 2. The quantitative estimate of drug-likeness (QED) is 0.863. The molecule has 0 aromatic carbocycles. The Morgan fingerprint density at radius 2 is 2.09 bits per heavy atom. The first-order valence-electron chi connectivity index (χ1n) is 8.18. The van der Waals surface area contributed by atoms with Crippen molar-refractivity contribution in [3.05, 3.63) is 40.7 Å². The van der Waals surface area contributed by atoms with Gasteiger partial charge in [0.15, 0.2) is 0 Å². The minimum atomic E-state index is 0.122. The van der Waals surface area contributed by atoms with E-state index in [0.717, 1.165) is 49.1 Å². The lowest BCUT2D eigenvalue weighted by molar-refractivity contribution is -0.117. The smallest absolute Gasteiger partial charge is 0.228 e. The lowest BCUT2D eigenvalue weighted by atomic mass is 9.86. The molecule has 5 heteroatoms. The van der Waals surface area contributed by atoms with Crippen molar-refractivity contribution in [3.63, 3.8) is 0 Å². The molecule has 2 aliphatic heterocycles. The normalized spacial score (nSPS) is 25.1. The van der Waals surface area contributed by atoms with Gasteiger partial charge in [-0.3, -0.25) is 9.69 Å². The highest BCUT2D eigenvalue weighted by atomic mass is 32.1. The lowest BCUT2D eigenvalue weighted by Gasteiger charge is -2.23. The van der Waals surface area contributed by atoms with Gasteiger partial charge in [0.05, 0.1) is 11.5 Å². The summed E-state index contributed by atoms with van der Waals surface area (Å²) >= 11 is 1.71. The van der Waals surface area contributed by atoms with Gasteiger partial charge >= 0.3 is 0 Å². The summed E-state index contributed by atoms with van der Waals surface area (Å²) in [6, 6.07) is 8.25. The van der Waals surface area contributed by atoms with E-state index in [1.807, 2.05) is 17.9 Å². The fourth-order valence-corrected chi connectivity index (χ4v) is 4.77. The molecule has 2 fully saturated rings. The lowest BCUT2D eigenvalue weighted by Crippen LogP contribution is -2.30. The number of anilines is 1. The Morgan fingerprint density at radius 3 is 2.78 bits per heavy atom. The maximum Gasteiger partial charge on any atom is 0.228 e. The van der Waals surface area contributed by atoms with Crippen molar-refractivity contribution in [3.8, 4) is 0 Å². The molecule has 1 spiro atoms. The maximum atomic E-state index is 12.5. The van der Waals surface area contributed by atoms with Gasteiger partial charge in [-0.25, -0.2) is 0 Å². The molecule has 1 atom stereocenters. The number of likely N-dealkylation sites (tertiary alicyclic amines) is 1. The minimum Gasteiger partial charge on any atom is -0.465 e. The van der Waals surface area contributed by atoms with Crippen molar-refractivity contribution >= 4 is 22.2 Å². The highest BCUT2D eigenvalue weighted by molar-refractivity contribution is 7.16. The molecule has 2 aromatic rings. The summed E-state index contributed by atoms with van der Waals surface area (Å²) in [6.07, 6.45) is 1.77. The molecule has 2 saturated heterocycles. The van der Waals surface area contributed by atoms with Crippen LogP contribution >= 0.6 is 11.3 Å². The Bertz CT molecular complexity index is 735. The molecule has 0 bridgehead atoms. The van der Waals surface area contributed by atoms with Crippen molar-refractivity contribution in [2.24, 2.45) is 5.41 Å². The molecule has 122 valence electrons. The second-order valence-electron chi connectivity index (χ2n) is 7.01. The van der Waals surface area contributed by atoms with Gasteiger partial charge < -0.3 is 9.32 Å². The summed E-state index contributed by atoms with van der Waals surface area (Å²) in [6.45, 7) is 7.81. The zero-order valence-corrected chi connectivity index (χ0v) is 14.5. The van der Waals surface area contributed by atoms with Crippen molar-refractivity contribution in [1.82, 2.24) is 4.90 Å². The fraction of sp³-hybridized carbons (Fsp3) is 0.500. The van der Waals surface area contributed by atoms with Gasteiger partial charge in [0, 0.05) is 29.8 Å². The Morgan fingerprint density at radius 1 is 1.22 bits per heavy atom. The summed E-state index contributed by atoms with van der Waals surface area (Å²) < 4.78 is 5.69. The predicted molar refractivity (Wildman–Crippen MR) is 91.8 cm³/mol. The van der Waals surface area contributed by atoms with Crippen LogP contribution in [-0.2, 0) is 11.3 Å². The molecule has 0 saturated carbocycles. The van der Waals surface area contributed by atoms with Crippen molar-refractivity contribution in [2.45, 2.75) is 33.2 Å². The third-order valence-electron chi connectivity index (χ3n) is 5.01. The van der Waals surface area contributed by atoms with E-state index in [1.54, 1.807) is 11.3 Å². The molecule has 0 radical (unpaired) electrons. The van der Waals surface area contributed by atoms with E-state index < -0.39 is 0 Å². The Labute approximate surface area is 140 Å².